The number of ketones is 1. The van der Waals surface area contributed by atoms with Crippen molar-refractivity contribution in [3.63, 3.8) is 0 Å². The fourth-order valence-corrected chi connectivity index (χ4v) is 8.03. The number of fused-ring (bicyclic) bond motifs is 1. The molecule has 0 aliphatic heterocycles. The van der Waals surface area contributed by atoms with E-state index in [1.165, 1.54) is 0 Å². The van der Waals surface area contributed by atoms with Gasteiger partial charge < -0.3 is 5.11 Å². The molecule has 2 atom stereocenters. The Morgan fingerprint density at radius 3 is 1.94 bits per heavy atom. The average Bonchev–Trinajstić information content (AvgIpc) is 2.96. The molecule has 0 bridgehead atoms. The molecule has 2 N–H and O–H groups in total. The summed E-state index contributed by atoms with van der Waals surface area (Å²) in [6.45, 7) is 0. The number of hydrogen-bond donors (Lipinski definition) is 2. The Morgan fingerprint density at radius 1 is 0.750 bits per heavy atom. The summed E-state index contributed by atoms with van der Waals surface area (Å²) in [6.07, 6.45) is 3.69. The molecule has 0 heterocycles. The van der Waals surface area contributed by atoms with Crippen LogP contribution in [0.5, 0.6) is 0 Å². The van der Waals surface area contributed by atoms with Gasteiger partial charge in [0.25, 0.3) is 0 Å². The van der Waals surface area contributed by atoms with Gasteiger partial charge in [0.05, 0.1) is 0 Å². The Labute approximate surface area is 212 Å². The SMILES string of the molecule is O=C(c1cccc2ccccc12)[C@@H](O)[C@@H](NP(=O)(c1ccccc1)c1ccccc1)C1CCCCC1. The van der Waals surface area contributed by atoms with Crippen LogP contribution in [-0.2, 0) is 4.57 Å². The fourth-order valence-electron chi connectivity index (χ4n) is 5.47. The summed E-state index contributed by atoms with van der Waals surface area (Å²) in [5, 5.41) is 18.2. The van der Waals surface area contributed by atoms with Crippen molar-refractivity contribution in [1.29, 1.82) is 0 Å². The van der Waals surface area contributed by atoms with E-state index in [1.807, 2.05) is 97.1 Å². The van der Waals surface area contributed by atoms with Gasteiger partial charge in [-0.25, -0.2) is 0 Å². The van der Waals surface area contributed by atoms with Crippen molar-refractivity contribution in [3.05, 3.63) is 109 Å². The van der Waals surface area contributed by atoms with Crippen molar-refractivity contribution in [2.75, 3.05) is 0 Å². The number of nitrogens with one attached hydrogen (secondary N) is 1. The topological polar surface area (TPSA) is 66.4 Å². The Hall–Kier alpha value is -3.04. The van der Waals surface area contributed by atoms with Crippen LogP contribution in [0.1, 0.15) is 42.5 Å². The van der Waals surface area contributed by atoms with Gasteiger partial charge >= 0.3 is 0 Å². The summed E-state index contributed by atoms with van der Waals surface area (Å²) < 4.78 is 14.8. The first-order chi connectivity index (χ1) is 17.6. The molecule has 36 heavy (non-hydrogen) atoms. The lowest BCUT2D eigenvalue weighted by Gasteiger charge is -2.36. The van der Waals surface area contributed by atoms with Gasteiger partial charge in [-0.1, -0.05) is 98.1 Å². The molecule has 4 aromatic rings. The van der Waals surface area contributed by atoms with Crippen LogP contribution in [0.15, 0.2) is 103 Å². The third-order valence-corrected chi connectivity index (χ3v) is 10.1. The van der Waals surface area contributed by atoms with Crippen molar-refractivity contribution in [3.8, 4) is 0 Å². The van der Waals surface area contributed by atoms with E-state index in [0.717, 1.165) is 42.9 Å². The van der Waals surface area contributed by atoms with Gasteiger partial charge in [0.15, 0.2) is 5.78 Å². The number of carbonyl (C=O) groups excluding carboxylic acids is 1. The van der Waals surface area contributed by atoms with Crippen LogP contribution in [0, 0.1) is 5.92 Å². The molecule has 1 aliphatic carbocycles. The zero-order valence-corrected chi connectivity index (χ0v) is 21.2. The molecule has 0 amide bonds. The van der Waals surface area contributed by atoms with Crippen LogP contribution in [0.2, 0.25) is 0 Å². The Kier molecular flexibility index (Phi) is 7.48. The van der Waals surface area contributed by atoms with E-state index >= 15 is 0 Å². The van der Waals surface area contributed by atoms with Crippen LogP contribution in [-0.4, -0.2) is 23.0 Å². The average molecular weight is 498 g/mol. The standard InChI is InChI=1S/C31H32NO3P/c33-30(28-22-12-16-23-13-10-11-21-27(23)28)31(34)29(24-14-4-1-5-15-24)32-36(35,25-17-6-2-7-18-25)26-19-8-3-9-20-26/h2-3,6-13,16-22,24,29,31,34H,1,4-5,14-15H2,(H,32,35)/t29-,31-/m0/s1. The summed E-state index contributed by atoms with van der Waals surface area (Å²) in [7, 11) is -3.34. The normalized spacial score (nSPS) is 16.5. The van der Waals surface area contributed by atoms with Crippen molar-refractivity contribution in [2.24, 2.45) is 5.92 Å². The molecule has 4 nitrogen and oxygen atoms in total. The lowest BCUT2D eigenvalue weighted by molar-refractivity contribution is 0.0583. The van der Waals surface area contributed by atoms with E-state index in [9.17, 15) is 14.5 Å². The van der Waals surface area contributed by atoms with E-state index in [4.69, 9.17) is 0 Å². The first-order valence-electron chi connectivity index (χ1n) is 12.8. The molecular formula is C31H32NO3P. The smallest absolute Gasteiger partial charge is 0.204 e. The number of aliphatic hydroxyl groups is 1. The number of benzene rings is 4. The lowest BCUT2D eigenvalue weighted by Crippen LogP contribution is -2.50. The zero-order valence-electron chi connectivity index (χ0n) is 20.3. The number of carbonyl (C=O) groups is 1. The number of aliphatic hydroxyl groups excluding tert-OH is 1. The van der Waals surface area contributed by atoms with Gasteiger partial charge in [-0.3, -0.25) is 14.4 Å². The quantitative estimate of drug-likeness (QED) is 0.237. The van der Waals surface area contributed by atoms with E-state index in [-0.39, 0.29) is 11.7 Å². The maximum Gasteiger partial charge on any atom is 0.204 e. The first-order valence-corrected chi connectivity index (χ1v) is 14.5. The highest BCUT2D eigenvalue weighted by molar-refractivity contribution is 7.76. The fraction of sp³-hybridized carbons (Fsp3) is 0.258. The first kappa shape index (κ1) is 24.6. The number of hydrogen-bond acceptors (Lipinski definition) is 3. The number of Topliss-reactive ketones (excluding diaryl/α,β-unsaturated/α-hetero) is 1. The minimum atomic E-state index is -3.34. The second-order valence-corrected chi connectivity index (χ2v) is 12.2. The van der Waals surface area contributed by atoms with Crippen molar-refractivity contribution < 1.29 is 14.5 Å². The highest BCUT2D eigenvalue weighted by Crippen LogP contribution is 2.42. The predicted octanol–water partition coefficient (Wildman–Crippen LogP) is 5.85. The molecule has 5 heteroatoms. The second kappa shape index (κ2) is 10.9. The Balaban J connectivity index is 1.57. The van der Waals surface area contributed by atoms with Gasteiger partial charge in [-0.15, -0.1) is 0 Å². The molecule has 0 saturated heterocycles. The molecule has 0 radical (unpaired) electrons. The molecule has 184 valence electrons. The van der Waals surface area contributed by atoms with Crippen LogP contribution in [0.25, 0.3) is 10.8 Å². The predicted molar refractivity (Wildman–Crippen MR) is 148 cm³/mol. The molecule has 4 aromatic carbocycles. The summed E-state index contributed by atoms with van der Waals surface area (Å²) in [6, 6.07) is 31.4. The number of rotatable bonds is 8. The molecule has 0 unspecified atom stereocenters. The maximum atomic E-state index is 14.8. The van der Waals surface area contributed by atoms with Crippen LogP contribution in [0.3, 0.4) is 0 Å². The highest BCUT2D eigenvalue weighted by atomic mass is 31.2. The summed E-state index contributed by atoms with van der Waals surface area (Å²) in [5.74, 6) is -0.282. The molecule has 5 rings (SSSR count). The third kappa shape index (κ3) is 4.95. The molecule has 1 aliphatic rings. The van der Waals surface area contributed by atoms with Gasteiger partial charge in [0.2, 0.25) is 7.29 Å². The summed E-state index contributed by atoms with van der Waals surface area (Å²) in [5.41, 5.74) is 0.498. The van der Waals surface area contributed by atoms with Gasteiger partial charge in [-0.05, 0) is 53.8 Å². The van der Waals surface area contributed by atoms with E-state index in [2.05, 4.69) is 5.09 Å². The van der Waals surface area contributed by atoms with E-state index < -0.39 is 19.4 Å². The second-order valence-electron chi connectivity index (χ2n) is 9.67. The van der Waals surface area contributed by atoms with Crippen LogP contribution >= 0.6 is 7.29 Å². The zero-order chi connectivity index (χ0) is 25.0. The van der Waals surface area contributed by atoms with Gasteiger partial charge in [0.1, 0.15) is 6.10 Å². The molecule has 1 saturated carbocycles. The van der Waals surface area contributed by atoms with Crippen LogP contribution < -0.4 is 15.7 Å². The Bertz CT molecular complexity index is 1320. The monoisotopic (exact) mass is 497 g/mol. The molecular weight excluding hydrogens is 465 g/mol. The van der Waals surface area contributed by atoms with Crippen molar-refractivity contribution in [2.45, 2.75) is 44.2 Å². The van der Waals surface area contributed by atoms with E-state index in [0.29, 0.717) is 16.2 Å². The van der Waals surface area contributed by atoms with E-state index in [1.54, 1.807) is 6.07 Å². The molecule has 0 aromatic heterocycles. The minimum absolute atomic E-state index is 0.0495. The lowest BCUT2D eigenvalue weighted by atomic mass is 9.80. The van der Waals surface area contributed by atoms with Gasteiger partial charge in [0, 0.05) is 22.2 Å². The third-order valence-electron chi connectivity index (χ3n) is 7.39. The van der Waals surface area contributed by atoms with Crippen molar-refractivity contribution >= 4 is 34.5 Å². The van der Waals surface area contributed by atoms with Gasteiger partial charge in [-0.2, -0.15) is 0 Å². The summed E-state index contributed by atoms with van der Waals surface area (Å²) in [4.78, 5) is 13.8. The summed E-state index contributed by atoms with van der Waals surface area (Å²) >= 11 is 0. The highest BCUT2D eigenvalue weighted by Gasteiger charge is 2.40. The molecule has 1 fully saturated rings. The largest absolute Gasteiger partial charge is 0.383 e. The minimum Gasteiger partial charge on any atom is -0.383 e. The molecule has 0 spiro atoms. The van der Waals surface area contributed by atoms with Crippen LogP contribution in [0.4, 0.5) is 0 Å². The maximum absolute atomic E-state index is 14.8. The van der Waals surface area contributed by atoms with Crippen molar-refractivity contribution in [1.82, 2.24) is 5.09 Å². The Morgan fingerprint density at radius 2 is 1.31 bits per heavy atom.